The van der Waals surface area contributed by atoms with Crippen molar-refractivity contribution in [2.45, 2.75) is 38.6 Å². The number of hydrogen-bond donors (Lipinski definition) is 1. The van der Waals surface area contributed by atoms with Gasteiger partial charge in [-0.1, -0.05) is 32.9 Å². The summed E-state index contributed by atoms with van der Waals surface area (Å²) in [5, 5.41) is 3.23. The Balaban J connectivity index is 0.00000127. The Morgan fingerprint density at radius 2 is 1.91 bits per heavy atom. The third kappa shape index (κ3) is 5.10. The molecule has 1 aromatic carbocycles. The third-order valence-electron chi connectivity index (χ3n) is 3.56. The Labute approximate surface area is 135 Å². The molecule has 8 heteroatoms. The number of alkyl halides is 3. The van der Waals surface area contributed by atoms with E-state index in [1.54, 1.807) is 6.07 Å². The van der Waals surface area contributed by atoms with Gasteiger partial charge in [0.2, 0.25) is 0 Å². The Morgan fingerprint density at radius 1 is 1.26 bits per heavy atom. The van der Waals surface area contributed by atoms with Crippen molar-refractivity contribution < 1.29 is 25.8 Å². The molecule has 0 radical (unpaired) electrons. The van der Waals surface area contributed by atoms with Crippen LogP contribution in [0, 0.1) is 5.92 Å². The summed E-state index contributed by atoms with van der Waals surface area (Å²) >= 11 is 0. The van der Waals surface area contributed by atoms with Crippen LogP contribution in [-0.4, -0.2) is 27.0 Å². The van der Waals surface area contributed by atoms with Crippen LogP contribution in [0.4, 0.5) is 13.2 Å². The number of piperidine rings is 1. The number of halogens is 3. The molecule has 1 fully saturated rings. The Bertz CT molecular complexity index is 602. The molecule has 0 aliphatic carbocycles. The molecule has 1 unspecified atom stereocenters. The van der Waals surface area contributed by atoms with E-state index in [4.69, 9.17) is 0 Å². The first-order chi connectivity index (χ1) is 10.7. The first-order valence-electron chi connectivity index (χ1n) is 7.52. The van der Waals surface area contributed by atoms with Gasteiger partial charge < -0.3 is 9.50 Å². The minimum Gasteiger partial charge on any atom is -0.376 e. The van der Waals surface area contributed by atoms with Gasteiger partial charge in [-0.15, -0.1) is 0 Å². The van der Waals surface area contributed by atoms with E-state index in [0.717, 1.165) is 25.1 Å². The van der Waals surface area contributed by atoms with Gasteiger partial charge in [0.25, 0.3) is 0 Å². The first kappa shape index (κ1) is 19.8. The van der Waals surface area contributed by atoms with Crippen molar-refractivity contribution in [3.05, 3.63) is 29.8 Å². The fraction of sp³-hybridized carbons (Fsp3) is 0.600. The lowest BCUT2D eigenvalue weighted by atomic mass is 9.82. The van der Waals surface area contributed by atoms with E-state index >= 15 is 0 Å². The molecule has 1 aromatic rings. The summed E-state index contributed by atoms with van der Waals surface area (Å²) in [6.07, 6.45) is 0.844. The Kier molecular flexibility index (Phi) is 6.88. The van der Waals surface area contributed by atoms with Gasteiger partial charge in [0.15, 0.2) is 0 Å². The average Bonchev–Trinajstić information content (AvgIpc) is 2.48. The minimum absolute atomic E-state index is 0.170. The van der Waals surface area contributed by atoms with E-state index < -0.39 is 15.6 Å². The molecule has 0 bridgehead atoms. The molecule has 23 heavy (non-hydrogen) atoms. The van der Waals surface area contributed by atoms with E-state index in [-0.39, 0.29) is 11.7 Å². The largest absolute Gasteiger partial charge is 0.534 e. The highest BCUT2D eigenvalue weighted by atomic mass is 32.2. The molecular weight excluding hydrogens is 331 g/mol. The second-order valence-electron chi connectivity index (χ2n) is 5.13. The molecule has 0 spiro atoms. The number of benzene rings is 1. The predicted octanol–water partition coefficient (Wildman–Crippen LogP) is 3.65. The van der Waals surface area contributed by atoms with Crippen molar-refractivity contribution in [3.63, 3.8) is 0 Å². The summed E-state index contributed by atoms with van der Waals surface area (Å²) in [6, 6.07) is 5.86. The number of hydrogen-bond acceptors (Lipinski definition) is 4. The maximum atomic E-state index is 12.3. The van der Waals surface area contributed by atoms with Gasteiger partial charge in [-0.25, -0.2) is 0 Å². The van der Waals surface area contributed by atoms with Crippen LogP contribution in [0.15, 0.2) is 24.3 Å². The zero-order chi connectivity index (χ0) is 17.7. The molecule has 1 saturated heterocycles. The topological polar surface area (TPSA) is 55.4 Å². The second-order valence-corrected chi connectivity index (χ2v) is 6.67. The van der Waals surface area contributed by atoms with Crippen LogP contribution in [0.5, 0.6) is 5.75 Å². The lowest BCUT2D eigenvalue weighted by Crippen LogP contribution is -2.33. The van der Waals surface area contributed by atoms with Crippen molar-refractivity contribution in [2.75, 3.05) is 13.1 Å². The molecule has 0 saturated carbocycles. The molecule has 2 rings (SSSR count). The summed E-state index contributed by atoms with van der Waals surface area (Å²) in [6.45, 7) is 7.67. The highest BCUT2D eigenvalue weighted by Gasteiger charge is 2.48. The Morgan fingerprint density at radius 3 is 2.48 bits per heavy atom. The van der Waals surface area contributed by atoms with Crippen molar-refractivity contribution in [2.24, 2.45) is 5.92 Å². The molecule has 1 aliphatic rings. The maximum absolute atomic E-state index is 12.3. The highest BCUT2D eigenvalue weighted by Crippen LogP contribution is 2.33. The van der Waals surface area contributed by atoms with Crippen LogP contribution in [0.1, 0.15) is 38.7 Å². The standard InChI is InChI=1S/C13H16F3NO3S.C2H6/c1-9-8-17-6-5-12(9)10-3-2-4-11(7-10)20-21(18,19)13(14,15)16;1-2/h2-4,7,9,12,17H,5-6,8H2,1H3;1-2H3/t9-,12?;/m0./s1. The summed E-state index contributed by atoms with van der Waals surface area (Å²) in [5.41, 5.74) is -4.63. The van der Waals surface area contributed by atoms with Crippen LogP contribution >= 0.6 is 0 Å². The highest BCUT2D eigenvalue weighted by molar-refractivity contribution is 7.88. The van der Waals surface area contributed by atoms with Crippen molar-refractivity contribution in [1.29, 1.82) is 0 Å². The second kappa shape index (κ2) is 8.01. The van der Waals surface area contributed by atoms with Crippen molar-refractivity contribution in [3.8, 4) is 5.75 Å². The molecule has 1 heterocycles. The van der Waals surface area contributed by atoms with Crippen LogP contribution < -0.4 is 9.50 Å². The fourth-order valence-electron chi connectivity index (χ4n) is 2.48. The first-order valence-corrected chi connectivity index (χ1v) is 8.93. The van der Waals surface area contributed by atoms with Crippen LogP contribution in [0.2, 0.25) is 0 Å². The van der Waals surface area contributed by atoms with E-state index in [1.807, 2.05) is 20.8 Å². The zero-order valence-electron chi connectivity index (χ0n) is 13.4. The SMILES string of the molecule is CC.C[C@H]1CNCCC1c1cccc(OS(=O)(=O)C(F)(F)F)c1. The van der Waals surface area contributed by atoms with Gasteiger partial charge in [0.05, 0.1) is 0 Å². The molecular formula is C15H22F3NO3S. The molecule has 4 nitrogen and oxygen atoms in total. The van der Waals surface area contributed by atoms with Crippen molar-refractivity contribution >= 4 is 10.1 Å². The van der Waals surface area contributed by atoms with Gasteiger partial charge in [0.1, 0.15) is 5.75 Å². The summed E-state index contributed by atoms with van der Waals surface area (Å²) < 4.78 is 63.1. The normalized spacial score (nSPS) is 22.0. The molecule has 0 aromatic heterocycles. The van der Waals surface area contributed by atoms with Crippen LogP contribution in [0.3, 0.4) is 0 Å². The monoisotopic (exact) mass is 353 g/mol. The van der Waals surface area contributed by atoms with E-state index in [1.165, 1.54) is 18.2 Å². The Hall–Kier alpha value is -1.28. The predicted molar refractivity (Wildman–Crippen MR) is 82.8 cm³/mol. The van der Waals surface area contributed by atoms with Crippen LogP contribution in [-0.2, 0) is 10.1 Å². The molecule has 2 atom stereocenters. The average molecular weight is 353 g/mol. The minimum atomic E-state index is -5.62. The van der Waals surface area contributed by atoms with Gasteiger partial charge in [-0.2, -0.15) is 21.6 Å². The maximum Gasteiger partial charge on any atom is 0.534 e. The van der Waals surface area contributed by atoms with Gasteiger partial charge in [0, 0.05) is 0 Å². The summed E-state index contributed by atoms with van der Waals surface area (Å²) in [4.78, 5) is 0. The molecule has 0 amide bonds. The van der Waals surface area contributed by atoms with E-state index in [0.29, 0.717) is 5.92 Å². The molecule has 1 N–H and O–H groups in total. The van der Waals surface area contributed by atoms with Crippen molar-refractivity contribution in [1.82, 2.24) is 5.32 Å². The fourth-order valence-corrected chi connectivity index (χ4v) is 2.93. The van der Waals surface area contributed by atoms with Gasteiger partial charge in [-0.3, -0.25) is 0 Å². The van der Waals surface area contributed by atoms with E-state index in [2.05, 4.69) is 9.50 Å². The summed E-state index contributed by atoms with van der Waals surface area (Å²) in [7, 11) is -5.62. The lowest BCUT2D eigenvalue weighted by molar-refractivity contribution is -0.0500. The van der Waals surface area contributed by atoms with Crippen LogP contribution in [0.25, 0.3) is 0 Å². The molecule has 1 aliphatic heterocycles. The lowest BCUT2D eigenvalue weighted by Gasteiger charge is -2.30. The smallest absolute Gasteiger partial charge is 0.376 e. The number of rotatable bonds is 3. The molecule has 132 valence electrons. The number of nitrogens with one attached hydrogen (secondary N) is 1. The third-order valence-corrected chi connectivity index (χ3v) is 4.54. The quantitative estimate of drug-likeness (QED) is 0.666. The zero-order valence-corrected chi connectivity index (χ0v) is 14.2. The summed E-state index contributed by atoms with van der Waals surface area (Å²) in [5.74, 6) is 0.173. The van der Waals surface area contributed by atoms with Gasteiger partial charge in [-0.05, 0) is 49.0 Å². The van der Waals surface area contributed by atoms with Gasteiger partial charge >= 0.3 is 15.6 Å². The van der Waals surface area contributed by atoms with E-state index in [9.17, 15) is 21.6 Å².